The summed E-state index contributed by atoms with van der Waals surface area (Å²) in [5, 5.41) is 10.5. The molecule has 0 atom stereocenters. The Bertz CT molecular complexity index is 1100. The SMILES string of the molecule is CCOC(C(=O)O)=C(CC)c1ccc2oc(CN3CCOc4ccccc43)cc2c1. The molecule has 0 bridgehead atoms. The average molecular weight is 407 g/mol. The van der Waals surface area contributed by atoms with Gasteiger partial charge in [-0.15, -0.1) is 0 Å². The van der Waals surface area contributed by atoms with Crippen LogP contribution in [0.15, 0.2) is 58.7 Å². The second kappa shape index (κ2) is 8.53. The van der Waals surface area contributed by atoms with Crippen LogP contribution in [-0.2, 0) is 16.1 Å². The molecular weight excluding hydrogens is 382 g/mol. The summed E-state index contributed by atoms with van der Waals surface area (Å²) in [4.78, 5) is 13.9. The van der Waals surface area contributed by atoms with Crippen molar-refractivity contribution in [3.8, 4) is 5.75 Å². The van der Waals surface area contributed by atoms with Gasteiger partial charge >= 0.3 is 5.97 Å². The first kappa shape index (κ1) is 19.9. The average Bonchev–Trinajstić information content (AvgIpc) is 3.15. The summed E-state index contributed by atoms with van der Waals surface area (Å²) in [6, 6.07) is 15.8. The van der Waals surface area contributed by atoms with Crippen LogP contribution in [0.1, 0.15) is 31.6 Å². The predicted molar refractivity (Wildman–Crippen MR) is 116 cm³/mol. The van der Waals surface area contributed by atoms with E-state index in [0.29, 0.717) is 31.8 Å². The first-order valence-corrected chi connectivity index (χ1v) is 10.2. The largest absolute Gasteiger partial charge is 0.490 e. The van der Waals surface area contributed by atoms with E-state index in [2.05, 4.69) is 11.0 Å². The lowest BCUT2D eigenvalue weighted by Crippen LogP contribution is -2.31. The van der Waals surface area contributed by atoms with E-state index in [4.69, 9.17) is 13.9 Å². The summed E-state index contributed by atoms with van der Waals surface area (Å²) >= 11 is 0. The number of allylic oxidation sites excluding steroid dienone is 1. The van der Waals surface area contributed by atoms with Crippen LogP contribution in [0.3, 0.4) is 0 Å². The molecule has 0 spiro atoms. The number of fused-ring (bicyclic) bond motifs is 2. The fourth-order valence-corrected chi connectivity index (χ4v) is 3.86. The first-order chi connectivity index (χ1) is 14.6. The number of carboxylic acid groups (broad SMARTS) is 1. The second-order valence-electron chi connectivity index (χ2n) is 7.10. The van der Waals surface area contributed by atoms with Gasteiger partial charge in [-0.2, -0.15) is 0 Å². The third kappa shape index (κ3) is 3.85. The molecule has 1 aromatic heterocycles. The third-order valence-corrected chi connectivity index (χ3v) is 5.20. The lowest BCUT2D eigenvalue weighted by Gasteiger charge is -2.30. The van der Waals surface area contributed by atoms with Gasteiger partial charge in [-0.3, -0.25) is 0 Å². The number of hydrogen-bond donors (Lipinski definition) is 1. The normalized spacial score (nSPS) is 14.1. The number of anilines is 1. The molecule has 1 N–H and O–H groups in total. The molecule has 0 saturated carbocycles. The van der Waals surface area contributed by atoms with Crippen LogP contribution >= 0.6 is 0 Å². The van der Waals surface area contributed by atoms with Crippen molar-refractivity contribution in [2.45, 2.75) is 26.8 Å². The molecule has 2 aromatic carbocycles. The highest BCUT2D eigenvalue weighted by molar-refractivity contribution is 5.95. The highest BCUT2D eigenvalue weighted by Gasteiger charge is 2.20. The highest BCUT2D eigenvalue weighted by atomic mass is 16.5. The van der Waals surface area contributed by atoms with Gasteiger partial charge in [0, 0.05) is 11.0 Å². The van der Waals surface area contributed by atoms with Gasteiger partial charge in [-0.25, -0.2) is 4.79 Å². The Morgan fingerprint density at radius 1 is 1.17 bits per heavy atom. The highest BCUT2D eigenvalue weighted by Crippen LogP contribution is 2.33. The molecule has 6 heteroatoms. The standard InChI is InChI=1S/C24H25NO5/c1-3-19(23(24(26)27)28-4-2)16-9-10-21-17(13-16)14-18(30-21)15-25-11-12-29-22-8-6-5-7-20(22)25/h5-10,13-14H,3-4,11-12,15H2,1-2H3,(H,26,27). The molecule has 156 valence electrons. The molecule has 0 aliphatic carbocycles. The maximum atomic E-state index is 11.6. The maximum Gasteiger partial charge on any atom is 0.371 e. The summed E-state index contributed by atoms with van der Waals surface area (Å²) in [5.74, 6) is 0.696. The van der Waals surface area contributed by atoms with E-state index in [1.165, 1.54) is 0 Å². The molecule has 0 amide bonds. The van der Waals surface area contributed by atoms with Gasteiger partial charge in [0.1, 0.15) is 23.7 Å². The fraction of sp³-hybridized carbons (Fsp3) is 0.292. The van der Waals surface area contributed by atoms with Gasteiger partial charge in [-0.05, 0) is 49.2 Å². The number of hydrogen-bond acceptors (Lipinski definition) is 5. The van der Waals surface area contributed by atoms with Gasteiger partial charge in [0.05, 0.1) is 25.4 Å². The zero-order chi connectivity index (χ0) is 21.1. The Hall–Kier alpha value is -3.41. The van der Waals surface area contributed by atoms with Crippen LogP contribution in [0.5, 0.6) is 5.75 Å². The van der Waals surface area contributed by atoms with Crippen LogP contribution < -0.4 is 9.64 Å². The summed E-state index contributed by atoms with van der Waals surface area (Å²) in [6.45, 7) is 6.09. The number of furan rings is 1. The minimum absolute atomic E-state index is 0.00740. The van der Waals surface area contributed by atoms with Gasteiger partial charge < -0.3 is 23.9 Å². The van der Waals surface area contributed by atoms with Crippen molar-refractivity contribution < 1.29 is 23.8 Å². The Balaban J connectivity index is 1.65. The summed E-state index contributed by atoms with van der Waals surface area (Å²) in [6.07, 6.45) is 0.558. The molecule has 0 radical (unpaired) electrons. The number of aliphatic carboxylic acids is 1. The molecule has 2 heterocycles. The van der Waals surface area contributed by atoms with Gasteiger partial charge in [-0.1, -0.05) is 25.1 Å². The van der Waals surface area contributed by atoms with E-state index in [-0.39, 0.29) is 5.76 Å². The third-order valence-electron chi connectivity index (χ3n) is 5.20. The molecule has 0 unspecified atom stereocenters. The van der Waals surface area contributed by atoms with Crippen molar-refractivity contribution in [3.63, 3.8) is 0 Å². The minimum atomic E-state index is -1.05. The maximum absolute atomic E-state index is 11.6. The van der Waals surface area contributed by atoms with Gasteiger partial charge in [0.25, 0.3) is 0 Å². The van der Waals surface area contributed by atoms with E-state index in [1.807, 2.05) is 49.4 Å². The Kier molecular flexibility index (Phi) is 5.65. The Labute approximate surface area is 175 Å². The van der Waals surface area contributed by atoms with Crippen LogP contribution in [0.2, 0.25) is 0 Å². The summed E-state index contributed by atoms with van der Waals surface area (Å²) < 4.78 is 17.2. The van der Waals surface area contributed by atoms with Crippen molar-refractivity contribution in [1.82, 2.24) is 0 Å². The zero-order valence-electron chi connectivity index (χ0n) is 17.2. The minimum Gasteiger partial charge on any atom is -0.490 e. The quantitative estimate of drug-likeness (QED) is 0.435. The molecular formula is C24H25NO5. The number of rotatable bonds is 7. The van der Waals surface area contributed by atoms with E-state index in [0.717, 1.165) is 40.3 Å². The molecule has 1 aliphatic heterocycles. The lowest BCUT2D eigenvalue weighted by molar-refractivity contribution is -0.136. The number of para-hydroxylation sites is 2. The van der Waals surface area contributed by atoms with Crippen LogP contribution in [0.25, 0.3) is 16.5 Å². The monoisotopic (exact) mass is 407 g/mol. The predicted octanol–water partition coefficient (Wildman–Crippen LogP) is 5.07. The van der Waals surface area contributed by atoms with Crippen LogP contribution in [-0.4, -0.2) is 30.8 Å². The van der Waals surface area contributed by atoms with E-state index in [1.54, 1.807) is 6.92 Å². The number of carbonyl (C=O) groups is 1. The van der Waals surface area contributed by atoms with Crippen LogP contribution in [0, 0.1) is 0 Å². The number of ether oxygens (including phenoxy) is 2. The van der Waals surface area contributed by atoms with E-state index in [9.17, 15) is 9.90 Å². The number of carboxylic acids is 1. The van der Waals surface area contributed by atoms with Crippen LogP contribution in [0.4, 0.5) is 5.69 Å². The number of nitrogens with zero attached hydrogens (tertiary/aromatic N) is 1. The number of benzene rings is 2. The molecule has 0 fully saturated rings. The lowest BCUT2D eigenvalue weighted by atomic mass is 10.0. The van der Waals surface area contributed by atoms with E-state index < -0.39 is 5.97 Å². The molecule has 3 aromatic rings. The Morgan fingerprint density at radius 3 is 2.77 bits per heavy atom. The molecule has 30 heavy (non-hydrogen) atoms. The fourth-order valence-electron chi connectivity index (χ4n) is 3.86. The topological polar surface area (TPSA) is 72.1 Å². The molecule has 4 rings (SSSR count). The summed E-state index contributed by atoms with van der Waals surface area (Å²) in [5.41, 5.74) is 3.35. The molecule has 0 saturated heterocycles. The smallest absolute Gasteiger partial charge is 0.371 e. The molecule has 6 nitrogen and oxygen atoms in total. The Morgan fingerprint density at radius 2 is 2.00 bits per heavy atom. The van der Waals surface area contributed by atoms with Crippen molar-refractivity contribution in [2.24, 2.45) is 0 Å². The second-order valence-corrected chi connectivity index (χ2v) is 7.10. The molecule has 1 aliphatic rings. The van der Waals surface area contributed by atoms with E-state index >= 15 is 0 Å². The van der Waals surface area contributed by atoms with Gasteiger partial charge in [0.2, 0.25) is 5.76 Å². The van der Waals surface area contributed by atoms with Crippen molar-refractivity contribution >= 4 is 28.2 Å². The van der Waals surface area contributed by atoms with Crippen molar-refractivity contribution in [2.75, 3.05) is 24.7 Å². The summed E-state index contributed by atoms with van der Waals surface area (Å²) in [7, 11) is 0. The first-order valence-electron chi connectivity index (χ1n) is 10.2. The van der Waals surface area contributed by atoms with Crippen molar-refractivity contribution in [3.05, 3.63) is 65.6 Å². The zero-order valence-corrected chi connectivity index (χ0v) is 17.2. The van der Waals surface area contributed by atoms with Gasteiger partial charge in [0.15, 0.2) is 0 Å². The van der Waals surface area contributed by atoms with Crippen molar-refractivity contribution in [1.29, 1.82) is 0 Å².